The number of benzene rings is 1. The maximum atomic E-state index is 13.8. The summed E-state index contributed by atoms with van der Waals surface area (Å²) in [4.78, 5) is 12.2. The van der Waals surface area contributed by atoms with Crippen LogP contribution in [0.5, 0.6) is 0 Å². The Hall–Kier alpha value is -1.22. The molecule has 0 bridgehead atoms. The first kappa shape index (κ1) is 17.1. The summed E-state index contributed by atoms with van der Waals surface area (Å²) in [5.74, 6) is -1.37. The molecule has 0 aromatic heterocycles. The molecule has 22 heavy (non-hydrogen) atoms. The summed E-state index contributed by atoms with van der Waals surface area (Å²) >= 11 is 5.61. The highest BCUT2D eigenvalue weighted by molar-refractivity contribution is 7.89. The van der Waals surface area contributed by atoms with Crippen LogP contribution in [-0.2, 0) is 14.8 Å². The van der Waals surface area contributed by atoms with E-state index in [9.17, 15) is 17.6 Å². The minimum absolute atomic E-state index is 0.155. The standard InChI is InChI=1S/C13H17ClFN3O3S/c14-10-2-1-3-11(13(10)15)22(20,21)17-9-4-6-18(7-5-9)8-12(16)19/h1-3,9,17H,4-8H2,(H2,16,19). The highest BCUT2D eigenvalue weighted by Gasteiger charge is 2.27. The molecule has 1 aliphatic rings. The van der Waals surface area contributed by atoms with Crippen LogP contribution in [0.15, 0.2) is 23.1 Å². The second-order valence-corrected chi connectivity index (χ2v) is 7.28. The molecule has 0 saturated carbocycles. The number of hydrogen-bond acceptors (Lipinski definition) is 4. The molecule has 1 heterocycles. The van der Waals surface area contributed by atoms with E-state index in [2.05, 4.69) is 4.72 Å². The second-order valence-electron chi connectivity index (χ2n) is 5.19. The maximum absolute atomic E-state index is 13.8. The molecule has 1 fully saturated rings. The monoisotopic (exact) mass is 349 g/mol. The quantitative estimate of drug-likeness (QED) is 0.818. The first-order valence-electron chi connectivity index (χ1n) is 6.76. The van der Waals surface area contributed by atoms with Crippen molar-refractivity contribution in [3.8, 4) is 0 Å². The van der Waals surface area contributed by atoms with Crippen LogP contribution in [0.1, 0.15) is 12.8 Å². The van der Waals surface area contributed by atoms with Crippen LogP contribution in [0, 0.1) is 5.82 Å². The maximum Gasteiger partial charge on any atom is 0.243 e. The summed E-state index contributed by atoms with van der Waals surface area (Å²) in [5.41, 5.74) is 5.12. The van der Waals surface area contributed by atoms with Crippen molar-refractivity contribution in [1.29, 1.82) is 0 Å². The van der Waals surface area contributed by atoms with Gasteiger partial charge in [0.05, 0.1) is 11.6 Å². The molecule has 122 valence electrons. The summed E-state index contributed by atoms with van der Waals surface area (Å²) < 4.78 is 40.8. The molecule has 2 rings (SSSR count). The molecule has 9 heteroatoms. The Kier molecular flexibility index (Phi) is 5.38. The van der Waals surface area contributed by atoms with Gasteiger partial charge in [0.2, 0.25) is 15.9 Å². The number of amides is 1. The number of likely N-dealkylation sites (tertiary alicyclic amines) is 1. The number of nitrogens with one attached hydrogen (secondary N) is 1. The van der Waals surface area contributed by atoms with E-state index in [0.29, 0.717) is 25.9 Å². The van der Waals surface area contributed by atoms with Crippen LogP contribution in [0.2, 0.25) is 5.02 Å². The van der Waals surface area contributed by atoms with Crippen molar-refractivity contribution in [1.82, 2.24) is 9.62 Å². The summed E-state index contributed by atoms with van der Waals surface area (Å²) in [5, 5.41) is -0.237. The summed E-state index contributed by atoms with van der Waals surface area (Å²) in [6.45, 7) is 1.25. The Balaban J connectivity index is 2.02. The van der Waals surface area contributed by atoms with Gasteiger partial charge in [-0.1, -0.05) is 17.7 Å². The number of halogens is 2. The van der Waals surface area contributed by atoms with Gasteiger partial charge in [0.15, 0.2) is 5.82 Å². The Morgan fingerprint density at radius 3 is 2.64 bits per heavy atom. The number of primary amides is 1. The Morgan fingerprint density at radius 1 is 1.41 bits per heavy atom. The number of hydrogen-bond donors (Lipinski definition) is 2. The lowest BCUT2D eigenvalue weighted by Crippen LogP contribution is -2.46. The van der Waals surface area contributed by atoms with Gasteiger partial charge in [0, 0.05) is 19.1 Å². The van der Waals surface area contributed by atoms with E-state index in [1.165, 1.54) is 18.2 Å². The molecule has 1 aromatic carbocycles. The molecule has 0 radical (unpaired) electrons. The predicted octanol–water partition coefficient (Wildman–Crippen LogP) is 0.707. The third kappa shape index (κ3) is 4.16. The highest BCUT2D eigenvalue weighted by Crippen LogP contribution is 2.23. The van der Waals surface area contributed by atoms with Gasteiger partial charge < -0.3 is 5.73 Å². The lowest BCUT2D eigenvalue weighted by Gasteiger charge is -2.31. The van der Waals surface area contributed by atoms with Crippen molar-refractivity contribution >= 4 is 27.5 Å². The van der Waals surface area contributed by atoms with E-state index in [1.807, 2.05) is 4.90 Å². The van der Waals surface area contributed by atoms with Crippen molar-refractivity contribution in [3.05, 3.63) is 29.0 Å². The first-order chi connectivity index (χ1) is 10.3. The molecular formula is C13H17ClFN3O3S. The van der Waals surface area contributed by atoms with Gasteiger partial charge in [-0.2, -0.15) is 0 Å². The summed E-state index contributed by atoms with van der Waals surface area (Å²) in [6.07, 6.45) is 1.05. The number of carbonyl (C=O) groups excluding carboxylic acids is 1. The zero-order chi connectivity index (χ0) is 16.3. The number of carbonyl (C=O) groups is 1. The third-order valence-corrected chi connectivity index (χ3v) is 5.32. The molecule has 0 unspecified atom stereocenters. The zero-order valence-electron chi connectivity index (χ0n) is 11.8. The van der Waals surface area contributed by atoms with Gasteiger partial charge in [0.1, 0.15) is 4.90 Å². The normalized spacial score (nSPS) is 17.5. The Bertz CT molecular complexity index is 660. The number of nitrogens with two attached hydrogens (primary N) is 1. The van der Waals surface area contributed by atoms with E-state index in [0.717, 1.165) is 0 Å². The average molecular weight is 350 g/mol. The van der Waals surface area contributed by atoms with E-state index >= 15 is 0 Å². The first-order valence-corrected chi connectivity index (χ1v) is 8.62. The number of nitrogens with zero attached hydrogens (tertiary/aromatic N) is 1. The Morgan fingerprint density at radius 2 is 2.05 bits per heavy atom. The molecule has 1 amide bonds. The van der Waals surface area contributed by atoms with Gasteiger partial charge in [-0.25, -0.2) is 17.5 Å². The van der Waals surface area contributed by atoms with Crippen molar-refractivity contribution in [2.45, 2.75) is 23.8 Å². The van der Waals surface area contributed by atoms with Crippen LogP contribution in [-0.4, -0.2) is 44.9 Å². The van der Waals surface area contributed by atoms with Crippen LogP contribution < -0.4 is 10.5 Å². The summed E-state index contributed by atoms with van der Waals surface area (Å²) in [6, 6.07) is 3.53. The van der Waals surface area contributed by atoms with E-state index < -0.39 is 26.6 Å². The van der Waals surface area contributed by atoms with Crippen molar-refractivity contribution < 1.29 is 17.6 Å². The smallest absolute Gasteiger partial charge is 0.243 e. The van der Waals surface area contributed by atoms with E-state index in [1.54, 1.807) is 0 Å². The van der Waals surface area contributed by atoms with Crippen LogP contribution in [0.25, 0.3) is 0 Å². The highest BCUT2D eigenvalue weighted by atomic mass is 35.5. The zero-order valence-corrected chi connectivity index (χ0v) is 13.3. The number of piperidine rings is 1. The van der Waals surface area contributed by atoms with Crippen molar-refractivity contribution in [2.24, 2.45) is 5.73 Å². The predicted molar refractivity (Wildman–Crippen MR) is 80.4 cm³/mol. The van der Waals surface area contributed by atoms with Gasteiger partial charge in [0.25, 0.3) is 0 Å². The number of rotatable bonds is 5. The minimum Gasteiger partial charge on any atom is -0.369 e. The molecule has 1 saturated heterocycles. The van der Waals surface area contributed by atoms with E-state index in [4.69, 9.17) is 17.3 Å². The fourth-order valence-electron chi connectivity index (χ4n) is 2.40. The van der Waals surface area contributed by atoms with Crippen LogP contribution >= 0.6 is 11.6 Å². The lowest BCUT2D eigenvalue weighted by atomic mass is 10.1. The minimum atomic E-state index is -3.97. The number of sulfonamides is 1. The Labute approximate surface area is 133 Å². The van der Waals surface area contributed by atoms with E-state index in [-0.39, 0.29) is 17.6 Å². The van der Waals surface area contributed by atoms with Gasteiger partial charge in [-0.15, -0.1) is 0 Å². The van der Waals surface area contributed by atoms with Crippen LogP contribution in [0.4, 0.5) is 4.39 Å². The molecule has 0 spiro atoms. The average Bonchev–Trinajstić information content (AvgIpc) is 2.43. The third-order valence-electron chi connectivity index (χ3n) is 3.49. The fourth-order valence-corrected chi connectivity index (χ4v) is 4.04. The van der Waals surface area contributed by atoms with Gasteiger partial charge in [-0.3, -0.25) is 9.69 Å². The lowest BCUT2D eigenvalue weighted by molar-refractivity contribution is -0.119. The molecule has 0 aliphatic carbocycles. The summed E-state index contributed by atoms with van der Waals surface area (Å²) in [7, 11) is -3.97. The van der Waals surface area contributed by atoms with Crippen LogP contribution in [0.3, 0.4) is 0 Å². The SMILES string of the molecule is NC(=O)CN1CCC(NS(=O)(=O)c2cccc(Cl)c2F)CC1. The largest absolute Gasteiger partial charge is 0.369 e. The van der Waals surface area contributed by atoms with Gasteiger partial charge in [-0.05, 0) is 25.0 Å². The van der Waals surface area contributed by atoms with Crippen molar-refractivity contribution in [3.63, 3.8) is 0 Å². The van der Waals surface area contributed by atoms with Crippen molar-refractivity contribution in [2.75, 3.05) is 19.6 Å². The topological polar surface area (TPSA) is 92.5 Å². The molecule has 1 aromatic rings. The molecule has 6 nitrogen and oxygen atoms in total. The molecule has 0 atom stereocenters. The molecular weight excluding hydrogens is 333 g/mol. The van der Waals surface area contributed by atoms with Gasteiger partial charge >= 0.3 is 0 Å². The second kappa shape index (κ2) is 6.91. The fraction of sp³-hybridized carbons (Fsp3) is 0.462. The molecule has 1 aliphatic heterocycles. The molecule has 3 N–H and O–H groups in total.